The molecule has 2 rings (SSSR count). The first-order valence-corrected chi connectivity index (χ1v) is 6.32. The fraction of sp³-hybridized carbons (Fsp3) is 0.133. The van der Waals surface area contributed by atoms with Gasteiger partial charge < -0.3 is 15.5 Å². The highest BCUT2D eigenvalue weighted by Crippen LogP contribution is 2.10. The number of carbonyl (C=O) groups excluding carboxylic acids is 1. The number of phenolic OH excluding ortho intramolecular Hbond substituents is 1. The number of aromatic hydroxyl groups is 1. The van der Waals surface area contributed by atoms with E-state index in [1.807, 2.05) is 0 Å². The van der Waals surface area contributed by atoms with Gasteiger partial charge in [0.25, 0.3) is 5.91 Å². The van der Waals surface area contributed by atoms with Crippen LogP contribution in [0.3, 0.4) is 0 Å². The van der Waals surface area contributed by atoms with Crippen LogP contribution in [0, 0.1) is 0 Å². The molecule has 0 bridgehead atoms. The van der Waals surface area contributed by atoms with Gasteiger partial charge in [-0.15, -0.1) is 0 Å². The van der Waals surface area contributed by atoms with E-state index >= 15 is 0 Å². The maximum absolute atomic E-state index is 11.9. The molecule has 0 aliphatic carbocycles. The van der Waals surface area contributed by atoms with Crippen LogP contribution in [-0.2, 0) is 6.42 Å². The minimum Gasteiger partial charge on any atom is -0.508 e. The summed E-state index contributed by atoms with van der Waals surface area (Å²) < 4.78 is 0. The van der Waals surface area contributed by atoms with Crippen LogP contribution in [0.4, 0.5) is 0 Å². The van der Waals surface area contributed by atoms with Crippen molar-refractivity contribution in [3.8, 4) is 5.75 Å². The predicted octanol–water partition coefficient (Wildman–Crippen LogP) is 1.46. The number of carboxylic acid groups (broad SMARTS) is 1. The van der Waals surface area contributed by atoms with Gasteiger partial charge in [-0.25, -0.2) is 4.79 Å². The molecule has 0 saturated carbocycles. The molecule has 1 amide bonds. The molecule has 3 N–H and O–H groups in total. The van der Waals surface area contributed by atoms with Crippen LogP contribution in [0.5, 0.6) is 5.75 Å². The number of phenols is 1. The van der Waals surface area contributed by atoms with Gasteiger partial charge in [0, 0.05) is 12.7 Å². The molecule has 21 heavy (non-hydrogen) atoms. The summed E-state index contributed by atoms with van der Waals surface area (Å²) in [4.78, 5) is 26.8. The largest absolute Gasteiger partial charge is 0.508 e. The summed E-state index contributed by atoms with van der Waals surface area (Å²) in [7, 11) is 0. The van der Waals surface area contributed by atoms with Crippen LogP contribution in [0.1, 0.15) is 26.4 Å². The van der Waals surface area contributed by atoms with Gasteiger partial charge >= 0.3 is 5.97 Å². The van der Waals surface area contributed by atoms with E-state index in [0.29, 0.717) is 13.0 Å². The highest BCUT2D eigenvalue weighted by atomic mass is 16.4. The second-order valence-corrected chi connectivity index (χ2v) is 4.38. The number of hydrogen-bond donors (Lipinski definition) is 3. The number of hydrogen-bond acceptors (Lipinski definition) is 4. The average molecular weight is 286 g/mol. The van der Waals surface area contributed by atoms with E-state index < -0.39 is 11.9 Å². The molecule has 0 aliphatic heterocycles. The quantitative estimate of drug-likeness (QED) is 0.772. The maximum Gasteiger partial charge on any atom is 0.338 e. The van der Waals surface area contributed by atoms with Gasteiger partial charge in [-0.05, 0) is 36.2 Å². The third-order valence-corrected chi connectivity index (χ3v) is 2.89. The number of pyridine rings is 1. The smallest absolute Gasteiger partial charge is 0.338 e. The van der Waals surface area contributed by atoms with Crippen molar-refractivity contribution in [2.24, 2.45) is 0 Å². The first kappa shape index (κ1) is 14.5. The molecule has 0 spiro atoms. The summed E-state index contributed by atoms with van der Waals surface area (Å²) >= 11 is 0. The molecule has 6 nitrogen and oxygen atoms in total. The van der Waals surface area contributed by atoms with Crippen molar-refractivity contribution < 1.29 is 19.8 Å². The lowest BCUT2D eigenvalue weighted by atomic mass is 10.1. The SMILES string of the molecule is O=C(O)c1cccnc1C(=O)NCCc1ccc(O)cc1. The molecule has 0 radical (unpaired) electrons. The Labute approximate surface area is 121 Å². The van der Waals surface area contributed by atoms with E-state index in [-0.39, 0.29) is 17.0 Å². The number of amides is 1. The number of aromatic carboxylic acids is 1. The van der Waals surface area contributed by atoms with Gasteiger partial charge in [0.1, 0.15) is 11.4 Å². The summed E-state index contributed by atoms with van der Waals surface area (Å²) in [5.41, 5.74) is 0.725. The minimum atomic E-state index is -1.19. The van der Waals surface area contributed by atoms with Crippen LogP contribution < -0.4 is 5.32 Å². The van der Waals surface area contributed by atoms with E-state index in [1.54, 1.807) is 24.3 Å². The highest BCUT2D eigenvalue weighted by Gasteiger charge is 2.16. The highest BCUT2D eigenvalue weighted by molar-refractivity contribution is 6.03. The van der Waals surface area contributed by atoms with Gasteiger partial charge in [-0.3, -0.25) is 9.78 Å². The van der Waals surface area contributed by atoms with Crippen LogP contribution in [0.25, 0.3) is 0 Å². The number of aromatic nitrogens is 1. The monoisotopic (exact) mass is 286 g/mol. The number of carboxylic acids is 1. The third-order valence-electron chi connectivity index (χ3n) is 2.89. The van der Waals surface area contributed by atoms with Crippen molar-refractivity contribution in [3.05, 3.63) is 59.4 Å². The van der Waals surface area contributed by atoms with Crippen LogP contribution in [0.15, 0.2) is 42.6 Å². The lowest BCUT2D eigenvalue weighted by molar-refractivity contribution is 0.0690. The Morgan fingerprint density at radius 3 is 2.52 bits per heavy atom. The van der Waals surface area contributed by atoms with E-state index in [1.165, 1.54) is 18.3 Å². The Morgan fingerprint density at radius 2 is 1.86 bits per heavy atom. The normalized spacial score (nSPS) is 10.1. The topological polar surface area (TPSA) is 99.5 Å². The molecule has 2 aromatic rings. The first-order valence-electron chi connectivity index (χ1n) is 6.32. The fourth-order valence-corrected chi connectivity index (χ4v) is 1.83. The number of carbonyl (C=O) groups is 2. The molecule has 1 heterocycles. The number of rotatable bonds is 5. The van der Waals surface area contributed by atoms with Gasteiger partial charge in [0.2, 0.25) is 0 Å². The average Bonchev–Trinajstić information content (AvgIpc) is 2.49. The maximum atomic E-state index is 11.9. The number of benzene rings is 1. The molecule has 6 heteroatoms. The van der Waals surface area contributed by atoms with Crippen molar-refractivity contribution in [2.45, 2.75) is 6.42 Å². The molecule has 1 aromatic carbocycles. The molecular formula is C15H14N2O4. The molecule has 0 aliphatic rings. The first-order chi connectivity index (χ1) is 10.1. The van der Waals surface area contributed by atoms with Gasteiger partial charge in [0.05, 0.1) is 5.56 Å². The summed E-state index contributed by atoms with van der Waals surface area (Å²) in [6.45, 7) is 0.346. The summed E-state index contributed by atoms with van der Waals surface area (Å²) in [5.74, 6) is -1.53. The second kappa shape index (κ2) is 6.51. The van der Waals surface area contributed by atoms with Crippen molar-refractivity contribution in [1.29, 1.82) is 0 Å². The fourth-order valence-electron chi connectivity index (χ4n) is 1.83. The molecule has 0 unspecified atom stereocenters. The Kier molecular flexibility index (Phi) is 4.50. The molecule has 0 fully saturated rings. The Bertz CT molecular complexity index is 653. The van der Waals surface area contributed by atoms with E-state index in [2.05, 4.69) is 10.3 Å². The van der Waals surface area contributed by atoms with Crippen molar-refractivity contribution >= 4 is 11.9 Å². The number of nitrogens with one attached hydrogen (secondary N) is 1. The summed E-state index contributed by atoms with van der Waals surface area (Å²) in [6, 6.07) is 9.45. The molecule has 1 aromatic heterocycles. The second-order valence-electron chi connectivity index (χ2n) is 4.38. The summed E-state index contributed by atoms with van der Waals surface area (Å²) in [5, 5.41) is 20.8. The Morgan fingerprint density at radius 1 is 1.14 bits per heavy atom. The lowest BCUT2D eigenvalue weighted by Crippen LogP contribution is -2.28. The predicted molar refractivity (Wildman–Crippen MR) is 75.3 cm³/mol. The molecule has 0 saturated heterocycles. The van der Waals surface area contributed by atoms with Crippen molar-refractivity contribution in [1.82, 2.24) is 10.3 Å². The van der Waals surface area contributed by atoms with Crippen LogP contribution in [-0.4, -0.2) is 33.6 Å². The van der Waals surface area contributed by atoms with E-state index in [9.17, 15) is 9.59 Å². The van der Waals surface area contributed by atoms with Crippen molar-refractivity contribution in [2.75, 3.05) is 6.54 Å². The summed E-state index contributed by atoms with van der Waals surface area (Å²) in [6.07, 6.45) is 1.95. The molecule has 0 atom stereocenters. The standard InChI is InChI=1S/C15H14N2O4/c18-11-5-3-10(4-6-11)7-9-17-14(19)13-12(15(20)21)2-1-8-16-13/h1-6,8,18H,7,9H2,(H,17,19)(H,20,21). The molecule has 108 valence electrons. The third kappa shape index (κ3) is 3.79. The molecular weight excluding hydrogens is 272 g/mol. The van der Waals surface area contributed by atoms with Crippen molar-refractivity contribution in [3.63, 3.8) is 0 Å². The zero-order valence-corrected chi connectivity index (χ0v) is 11.1. The number of nitrogens with zero attached hydrogens (tertiary/aromatic N) is 1. The van der Waals surface area contributed by atoms with Crippen LogP contribution in [0.2, 0.25) is 0 Å². The van der Waals surface area contributed by atoms with Crippen LogP contribution >= 0.6 is 0 Å². The van der Waals surface area contributed by atoms with Gasteiger partial charge in [-0.1, -0.05) is 12.1 Å². The minimum absolute atomic E-state index is 0.101. The van der Waals surface area contributed by atoms with Gasteiger partial charge in [0.15, 0.2) is 0 Å². The van der Waals surface area contributed by atoms with E-state index in [0.717, 1.165) is 5.56 Å². The Balaban J connectivity index is 1.96. The zero-order chi connectivity index (χ0) is 15.2. The van der Waals surface area contributed by atoms with E-state index in [4.69, 9.17) is 10.2 Å². The zero-order valence-electron chi connectivity index (χ0n) is 11.1. The van der Waals surface area contributed by atoms with Gasteiger partial charge in [-0.2, -0.15) is 0 Å². The lowest BCUT2D eigenvalue weighted by Gasteiger charge is -2.07. The Hall–Kier alpha value is -2.89.